The predicted molar refractivity (Wildman–Crippen MR) is 119 cm³/mol. The van der Waals surface area contributed by atoms with Crippen LogP contribution in [0.5, 0.6) is 0 Å². The van der Waals surface area contributed by atoms with E-state index in [0.29, 0.717) is 45.6 Å². The zero-order valence-corrected chi connectivity index (χ0v) is 18.2. The molecule has 2 aromatic rings. The summed E-state index contributed by atoms with van der Waals surface area (Å²) in [5.74, 6) is -0.0406. The van der Waals surface area contributed by atoms with Crippen LogP contribution in [0.1, 0.15) is 36.5 Å². The highest BCUT2D eigenvalue weighted by Gasteiger charge is 2.39. The SMILES string of the molecule is CC(=O)NCCNC(=O)C1(Cc2cccc(-c3cc(C)cc(C)c3)c2)CCOCC1. The Kier molecular flexibility index (Phi) is 7.27. The number of rotatable bonds is 7. The van der Waals surface area contributed by atoms with Crippen molar-refractivity contribution in [3.8, 4) is 11.1 Å². The maximum absolute atomic E-state index is 13.1. The van der Waals surface area contributed by atoms with Crippen molar-refractivity contribution in [2.75, 3.05) is 26.3 Å². The van der Waals surface area contributed by atoms with Gasteiger partial charge in [0.15, 0.2) is 0 Å². The number of aryl methyl sites for hydroxylation is 2. The highest BCUT2D eigenvalue weighted by molar-refractivity contribution is 5.83. The largest absolute Gasteiger partial charge is 0.381 e. The molecule has 2 amide bonds. The minimum atomic E-state index is -0.477. The van der Waals surface area contributed by atoms with E-state index in [4.69, 9.17) is 4.74 Å². The number of carbonyl (C=O) groups is 2. The topological polar surface area (TPSA) is 67.4 Å². The third-order valence-electron chi connectivity index (χ3n) is 5.74. The Labute approximate surface area is 179 Å². The van der Waals surface area contributed by atoms with E-state index in [1.807, 2.05) is 0 Å². The Morgan fingerprint density at radius 3 is 2.27 bits per heavy atom. The highest BCUT2D eigenvalue weighted by atomic mass is 16.5. The fraction of sp³-hybridized carbons (Fsp3) is 0.440. The molecule has 5 nitrogen and oxygen atoms in total. The van der Waals surface area contributed by atoms with Gasteiger partial charge in [0.1, 0.15) is 0 Å². The fourth-order valence-corrected chi connectivity index (χ4v) is 4.24. The van der Waals surface area contributed by atoms with Gasteiger partial charge in [0.2, 0.25) is 11.8 Å². The lowest BCUT2D eigenvalue weighted by Crippen LogP contribution is -2.47. The third kappa shape index (κ3) is 5.70. The van der Waals surface area contributed by atoms with Crippen molar-refractivity contribution in [1.82, 2.24) is 10.6 Å². The number of carbonyl (C=O) groups excluding carboxylic acids is 2. The Morgan fingerprint density at radius 1 is 0.933 bits per heavy atom. The zero-order valence-electron chi connectivity index (χ0n) is 18.2. The van der Waals surface area contributed by atoms with Crippen molar-refractivity contribution in [3.05, 3.63) is 59.2 Å². The van der Waals surface area contributed by atoms with E-state index in [1.54, 1.807) is 0 Å². The van der Waals surface area contributed by atoms with Gasteiger partial charge in [-0.15, -0.1) is 0 Å². The molecule has 5 heteroatoms. The second-order valence-corrected chi connectivity index (χ2v) is 8.39. The molecule has 0 unspecified atom stereocenters. The molecule has 0 aromatic heterocycles. The van der Waals surface area contributed by atoms with Gasteiger partial charge < -0.3 is 15.4 Å². The lowest BCUT2D eigenvalue weighted by atomic mass is 9.74. The smallest absolute Gasteiger partial charge is 0.226 e. The summed E-state index contributed by atoms with van der Waals surface area (Å²) in [6.07, 6.45) is 2.08. The molecule has 1 fully saturated rings. The second kappa shape index (κ2) is 9.90. The number of nitrogens with one attached hydrogen (secondary N) is 2. The molecule has 0 atom stereocenters. The average Bonchev–Trinajstić information content (AvgIpc) is 2.71. The Hall–Kier alpha value is -2.66. The summed E-state index contributed by atoms with van der Waals surface area (Å²) < 4.78 is 5.55. The van der Waals surface area contributed by atoms with E-state index < -0.39 is 5.41 Å². The van der Waals surface area contributed by atoms with Gasteiger partial charge in [-0.05, 0) is 49.8 Å². The molecule has 0 spiro atoms. The van der Waals surface area contributed by atoms with Crippen molar-refractivity contribution in [1.29, 1.82) is 0 Å². The van der Waals surface area contributed by atoms with Crippen LogP contribution in [0, 0.1) is 19.3 Å². The maximum atomic E-state index is 13.1. The molecule has 1 aliphatic heterocycles. The van der Waals surface area contributed by atoms with Crippen LogP contribution in [0.2, 0.25) is 0 Å². The monoisotopic (exact) mass is 408 g/mol. The lowest BCUT2D eigenvalue weighted by molar-refractivity contribution is -0.136. The van der Waals surface area contributed by atoms with Gasteiger partial charge in [-0.2, -0.15) is 0 Å². The summed E-state index contributed by atoms with van der Waals surface area (Å²) in [6.45, 7) is 7.76. The van der Waals surface area contributed by atoms with Crippen molar-refractivity contribution in [2.24, 2.45) is 5.41 Å². The molecule has 30 heavy (non-hydrogen) atoms. The van der Waals surface area contributed by atoms with Crippen molar-refractivity contribution in [3.63, 3.8) is 0 Å². The number of ether oxygens (including phenoxy) is 1. The van der Waals surface area contributed by atoms with Crippen LogP contribution < -0.4 is 10.6 Å². The minimum Gasteiger partial charge on any atom is -0.381 e. The van der Waals surface area contributed by atoms with E-state index in [1.165, 1.54) is 29.2 Å². The van der Waals surface area contributed by atoms with Crippen molar-refractivity contribution >= 4 is 11.8 Å². The molecular formula is C25H32N2O3. The first-order valence-electron chi connectivity index (χ1n) is 10.7. The standard InChI is InChI=1S/C25H32N2O3/c1-18-13-19(2)15-23(14-18)22-6-4-5-21(16-22)17-25(7-11-30-12-8-25)24(29)27-10-9-26-20(3)28/h4-6,13-16H,7-12,17H2,1-3H3,(H,26,28)(H,27,29). The normalized spacial score (nSPS) is 15.4. The van der Waals surface area contributed by atoms with E-state index in [-0.39, 0.29) is 11.8 Å². The van der Waals surface area contributed by atoms with Gasteiger partial charge in [-0.25, -0.2) is 0 Å². The summed E-state index contributed by atoms with van der Waals surface area (Å²) in [4.78, 5) is 24.2. The van der Waals surface area contributed by atoms with Gasteiger partial charge in [0, 0.05) is 33.2 Å². The van der Waals surface area contributed by atoms with Crippen molar-refractivity contribution < 1.29 is 14.3 Å². The molecule has 0 aliphatic carbocycles. The van der Waals surface area contributed by atoms with E-state index >= 15 is 0 Å². The maximum Gasteiger partial charge on any atom is 0.226 e. The molecule has 3 rings (SSSR count). The van der Waals surface area contributed by atoms with Crippen LogP contribution in [0.4, 0.5) is 0 Å². The lowest BCUT2D eigenvalue weighted by Gasteiger charge is -2.36. The molecular weight excluding hydrogens is 376 g/mol. The highest BCUT2D eigenvalue weighted by Crippen LogP contribution is 2.35. The van der Waals surface area contributed by atoms with Gasteiger partial charge in [-0.1, -0.05) is 53.6 Å². The van der Waals surface area contributed by atoms with E-state index in [2.05, 4.69) is 66.9 Å². The number of hydrogen-bond donors (Lipinski definition) is 2. The zero-order chi connectivity index (χ0) is 21.6. The fourth-order valence-electron chi connectivity index (χ4n) is 4.24. The van der Waals surface area contributed by atoms with Crippen LogP contribution >= 0.6 is 0 Å². The molecule has 2 N–H and O–H groups in total. The summed E-state index contributed by atoms with van der Waals surface area (Å²) in [6, 6.07) is 15.1. The van der Waals surface area contributed by atoms with E-state index in [9.17, 15) is 9.59 Å². The van der Waals surface area contributed by atoms with Crippen LogP contribution in [0.3, 0.4) is 0 Å². The first-order chi connectivity index (χ1) is 14.4. The molecule has 1 aliphatic rings. The number of hydrogen-bond acceptors (Lipinski definition) is 3. The summed E-state index contributed by atoms with van der Waals surface area (Å²) in [5, 5.41) is 5.74. The van der Waals surface area contributed by atoms with Gasteiger partial charge in [0.05, 0.1) is 5.41 Å². The van der Waals surface area contributed by atoms with Gasteiger partial charge in [-0.3, -0.25) is 9.59 Å². The Bertz CT molecular complexity index is 881. The summed E-state index contributed by atoms with van der Waals surface area (Å²) in [5.41, 5.74) is 5.55. The van der Waals surface area contributed by atoms with E-state index in [0.717, 1.165) is 5.56 Å². The summed E-state index contributed by atoms with van der Waals surface area (Å²) >= 11 is 0. The second-order valence-electron chi connectivity index (χ2n) is 8.39. The third-order valence-corrected chi connectivity index (χ3v) is 5.74. The van der Waals surface area contributed by atoms with Gasteiger partial charge >= 0.3 is 0 Å². The quantitative estimate of drug-likeness (QED) is 0.689. The summed E-state index contributed by atoms with van der Waals surface area (Å²) in [7, 11) is 0. The van der Waals surface area contributed by atoms with Crippen LogP contribution in [0.25, 0.3) is 11.1 Å². The van der Waals surface area contributed by atoms with Crippen LogP contribution in [-0.4, -0.2) is 38.1 Å². The molecule has 1 heterocycles. The average molecular weight is 409 g/mol. The Morgan fingerprint density at radius 2 is 1.60 bits per heavy atom. The number of benzene rings is 2. The molecule has 1 saturated heterocycles. The number of amides is 2. The van der Waals surface area contributed by atoms with Crippen molar-refractivity contribution in [2.45, 2.75) is 40.0 Å². The van der Waals surface area contributed by atoms with Crippen LogP contribution in [0.15, 0.2) is 42.5 Å². The molecule has 0 saturated carbocycles. The van der Waals surface area contributed by atoms with Gasteiger partial charge in [0.25, 0.3) is 0 Å². The minimum absolute atomic E-state index is 0.0490. The molecule has 2 aromatic carbocycles. The molecule has 160 valence electrons. The predicted octanol–water partition coefficient (Wildman–Crippen LogP) is 3.56. The first kappa shape index (κ1) is 22.0. The van der Waals surface area contributed by atoms with Crippen LogP contribution in [-0.2, 0) is 20.7 Å². The Balaban J connectivity index is 1.78. The molecule has 0 radical (unpaired) electrons. The molecule has 0 bridgehead atoms. The first-order valence-corrected chi connectivity index (χ1v) is 10.7.